The number of phenols is 1. The number of nitrogens with one attached hydrogen (secondary N) is 1. The molecule has 0 radical (unpaired) electrons. The number of nitrogens with two attached hydrogens (primary N) is 2. The molecule has 0 unspecified atom stereocenters. The van der Waals surface area contributed by atoms with Gasteiger partial charge in [-0.3, -0.25) is 0 Å². The SMILES string of the molecule is Cc1cc(NCc2nn(CCO)c(N)c2N)ccc1O. The number of rotatable bonds is 5. The van der Waals surface area contributed by atoms with Crippen molar-refractivity contribution in [1.29, 1.82) is 0 Å². The van der Waals surface area contributed by atoms with Crippen molar-refractivity contribution < 1.29 is 10.2 Å². The standard InChI is InChI=1S/C13H19N5O2/c1-8-6-9(2-3-11(8)20)16-7-10-12(14)13(15)18(17-10)4-5-19/h2-3,6,16,19-20H,4-5,7,14-15H2,1H3. The average molecular weight is 277 g/mol. The van der Waals surface area contributed by atoms with Gasteiger partial charge in [0, 0.05) is 5.69 Å². The van der Waals surface area contributed by atoms with Crippen molar-refractivity contribution in [3.63, 3.8) is 0 Å². The number of hydrogen-bond donors (Lipinski definition) is 5. The molecule has 1 aromatic carbocycles. The van der Waals surface area contributed by atoms with E-state index >= 15 is 0 Å². The van der Waals surface area contributed by atoms with E-state index in [4.69, 9.17) is 16.6 Å². The van der Waals surface area contributed by atoms with Gasteiger partial charge in [-0.05, 0) is 30.7 Å². The Morgan fingerprint density at radius 1 is 1.35 bits per heavy atom. The third kappa shape index (κ3) is 2.77. The van der Waals surface area contributed by atoms with Crippen molar-refractivity contribution in [2.24, 2.45) is 0 Å². The number of aromatic nitrogens is 2. The molecule has 0 saturated heterocycles. The Morgan fingerprint density at radius 2 is 2.10 bits per heavy atom. The summed E-state index contributed by atoms with van der Waals surface area (Å²) in [5.74, 6) is 0.615. The maximum Gasteiger partial charge on any atom is 0.145 e. The van der Waals surface area contributed by atoms with Crippen LogP contribution >= 0.6 is 0 Å². The van der Waals surface area contributed by atoms with Gasteiger partial charge in [0.1, 0.15) is 17.3 Å². The van der Waals surface area contributed by atoms with Crippen LogP contribution in [0.15, 0.2) is 18.2 Å². The molecule has 7 N–H and O–H groups in total. The normalized spacial score (nSPS) is 10.7. The first-order valence-electron chi connectivity index (χ1n) is 6.28. The number of anilines is 3. The summed E-state index contributed by atoms with van der Waals surface area (Å²) in [6.07, 6.45) is 0. The lowest BCUT2D eigenvalue weighted by molar-refractivity contribution is 0.270. The van der Waals surface area contributed by atoms with Crippen LogP contribution in [-0.2, 0) is 13.1 Å². The van der Waals surface area contributed by atoms with Crippen LogP contribution in [-0.4, -0.2) is 26.6 Å². The number of phenolic OH excluding ortho intramolecular Hbond substituents is 1. The molecule has 7 nitrogen and oxygen atoms in total. The van der Waals surface area contributed by atoms with Crippen LogP contribution in [0.25, 0.3) is 0 Å². The molecule has 0 fully saturated rings. The van der Waals surface area contributed by atoms with Gasteiger partial charge in [-0.15, -0.1) is 0 Å². The summed E-state index contributed by atoms with van der Waals surface area (Å²) >= 11 is 0. The van der Waals surface area contributed by atoms with Gasteiger partial charge in [0.05, 0.1) is 25.4 Å². The van der Waals surface area contributed by atoms with Crippen molar-refractivity contribution in [3.8, 4) is 5.75 Å². The highest BCUT2D eigenvalue weighted by Crippen LogP contribution is 2.23. The number of aliphatic hydroxyl groups excluding tert-OH is 1. The fraction of sp³-hybridized carbons (Fsp3) is 0.308. The van der Waals surface area contributed by atoms with E-state index in [-0.39, 0.29) is 12.4 Å². The molecule has 7 heteroatoms. The molecule has 1 aromatic heterocycles. The monoisotopic (exact) mass is 277 g/mol. The number of aromatic hydroxyl groups is 1. The van der Waals surface area contributed by atoms with Crippen LogP contribution in [0.5, 0.6) is 5.75 Å². The zero-order valence-electron chi connectivity index (χ0n) is 11.3. The first kappa shape index (κ1) is 14.0. The molecule has 0 atom stereocenters. The second-order valence-corrected chi connectivity index (χ2v) is 4.55. The maximum atomic E-state index is 9.47. The first-order valence-corrected chi connectivity index (χ1v) is 6.28. The van der Waals surface area contributed by atoms with Gasteiger partial charge >= 0.3 is 0 Å². The summed E-state index contributed by atoms with van der Waals surface area (Å²) in [6.45, 7) is 2.51. The topological polar surface area (TPSA) is 122 Å². The highest BCUT2D eigenvalue weighted by molar-refractivity contribution is 5.63. The third-order valence-corrected chi connectivity index (χ3v) is 3.07. The minimum Gasteiger partial charge on any atom is -0.508 e. The molecule has 108 valence electrons. The maximum absolute atomic E-state index is 9.47. The van der Waals surface area contributed by atoms with Crippen LogP contribution in [0, 0.1) is 6.92 Å². The second-order valence-electron chi connectivity index (χ2n) is 4.55. The smallest absolute Gasteiger partial charge is 0.145 e. The molecular formula is C13H19N5O2. The number of nitrogen functional groups attached to an aromatic ring is 2. The van der Waals surface area contributed by atoms with Gasteiger partial charge in [0.2, 0.25) is 0 Å². The van der Waals surface area contributed by atoms with Gasteiger partial charge in [0.15, 0.2) is 0 Å². The lowest BCUT2D eigenvalue weighted by Gasteiger charge is -2.07. The lowest BCUT2D eigenvalue weighted by Crippen LogP contribution is -2.08. The Morgan fingerprint density at radius 3 is 2.75 bits per heavy atom. The van der Waals surface area contributed by atoms with Gasteiger partial charge in [-0.2, -0.15) is 5.10 Å². The van der Waals surface area contributed by atoms with E-state index < -0.39 is 0 Å². The fourth-order valence-corrected chi connectivity index (χ4v) is 1.89. The largest absolute Gasteiger partial charge is 0.508 e. The van der Waals surface area contributed by atoms with Crippen LogP contribution in [0.4, 0.5) is 17.2 Å². The molecule has 0 aliphatic heterocycles. The molecule has 0 spiro atoms. The van der Waals surface area contributed by atoms with Gasteiger partial charge in [0.25, 0.3) is 0 Å². The molecule has 20 heavy (non-hydrogen) atoms. The van der Waals surface area contributed by atoms with Crippen molar-refractivity contribution in [1.82, 2.24) is 9.78 Å². The lowest BCUT2D eigenvalue weighted by atomic mass is 10.2. The summed E-state index contributed by atoms with van der Waals surface area (Å²) in [7, 11) is 0. The summed E-state index contributed by atoms with van der Waals surface area (Å²) in [5, 5.41) is 25.8. The summed E-state index contributed by atoms with van der Waals surface area (Å²) < 4.78 is 1.48. The molecular weight excluding hydrogens is 258 g/mol. The van der Waals surface area contributed by atoms with E-state index in [0.717, 1.165) is 11.3 Å². The van der Waals surface area contributed by atoms with Crippen molar-refractivity contribution >= 4 is 17.2 Å². The van der Waals surface area contributed by atoms with Crippen LogP contribution in [0.2, 0.25) is 0 Å². The number of aryl methyl sites for hydroxylation is 1. The number of nitrogens with zero attached hydrogens (tertiary/aromatic N) is 2. The number of benzene rings is 1. The molecule has 1 heterocycles. The van der Waals surface area contributed by atoms with Crippen LogP contribution in [0.3, 0.4) is 0 Å². The molecule has 0 saturated carbocycles. The van der Waals surface area contributed by atoms with Crippen molar-refractivity contribution in [2.75, 3.05) is 23.4 Å². The molecule has 0 bridgehead atoms. The molecule has 0 aliphatic rings. The predicted octanol–water partition coefficient (Wildman–Crippen LogP) is 0.666. The van der Waals surface area contributed by atoms with E-state index in [9.17, 15) is 5.11 Å². The number of hydrogen-bond acceptors (Lipinski definition) is 6. The second kappa shape index (κ2) is 5.70. The van der Waals surface area contributed by atoms with Gasteiger partial charge in [-0.25, -0.2) is 4.68 Å². The Labute approximate surface area is 116 Å². The summed E-state index contributed by atoms with van der Waals surface area (Å²) in [5.41, 5.74) is 14.4. The van der Waals surface area contributed by atoms with E-state index in [0.29, 0.717) is 30.3 Å². The minimum atomic E-state index is -0.0463. The van der Waals surface area contributed by atoms with E-state index in [2.05, 4.69) is 10.4 Å². The molecule has 0 aliphatic carbocycles. The van der Waals surface area contributed by atoms with E-state index in [1.165, 1.54) is 4.68 Å². The van der Waals surface area contributed by atoms with Crippen LogP contribution < -0.4 is 16.8 Å². The predicted molar refractivity (Wildman–Crippen MR) is 78.3 cm³/mol. The summed E-state index contributed by atoms with van der Waals surface area (Å²) in [6, 6.07) is 5.23. The van der Waals surface area contributed by atoms with E-state index in [1.807, 2.05) is 13.0 Å². The Bertz CT molecular complexity index is 609. The van der Waals surface area contributed by atoms with Gasteiger partial charge < -0.3 is 27.0 Å². The quantitative estimate of drug-likeness (QED) is 0.512. The molecule has 2 aromatic rings. The minimum absolute atomic E-state index is 0.0463. The zero-order chi connectivity index (χ0) is 14.7. The van der Waals surface area contributed by atoms with Gasteiger partial charge in [-0.1, -0.05) is 0 Å². The van der Waals surface area contributed by atoms with Crippen molar-refractivity contribution in [2.45, 2.75) is 20.0 Å². The Kier molecular flexibility index (Phi) is 3.99. The highest BCUT2D eigenvalue weighted by Gasteiger charge is 2.12. The highest BCUT2D eigenvalue weighted by atomic mass is 16.3. The van der Waals surface area contributed by atoms with Crippen molar-refractivity contribution in [3.05, 3.63) is 29.5 Å². The Balaban J connectivity index is 2.10. The average Bonchev–Trinajstić information content (AvgIpc) is 2.69. The molecule has 2 rings (SSSR count). The van der Waals surface area contributed by atoms with Crippen LogP contribution in [0.1, 0.15) is 11.3 Å². The molecule has 0 amide bonds. The first-order chi connectivity index (χ1) is 9.52. The third-order valence-electron chi connectivity index (χ3n) is 3.07. The van der Waals surface area contributed by atoms with E-state index in [1.54, 1.807) is 12.1 Å². The summed E-state index contributed by atoms with van der Waals surface area (Å²) in [4.78, 5) is 0. The number of aliphatic hydroxyl groups is 1. The Hall–Kier alpha value is -2.41. The zero-order valence-corrected chi connectivity index (χ0v) is 11.3. The fourth-order valence-electron chi connectivity index (χ4n) is 1.89.